The van der Waals surface area contributed by atoms with E-state index in [9.17, 15) is 5.11 Å². The quantitative estimate of drug-likeness (QED) is 0.715. The number of aliphatic hydroxyl groups excluding tert-OH is 1. The van der Waals surface area contributed by atoms with Gasteiger partial charge < -0.3 is 19.9 Å². The fourth-order valence-electron chi connectivity index (χ4n) is 1.90. The second kappa shape index (κ2) is 8.25. The van der Waals surface area contributed by atoms with Gasteiger partial charge in [-0.05, 0) is 17.0 Å². The normalized spacial score (nSPS) is 13.2. The van der Waals surface area contributed by atoms with Crippen molar-refractivity contribution in [3.8, 4) is 5.75 Å². The molecule has 1 unspecified atom stereocenters. The van der Waals surface area contributed by atoms with Crippen LogP contribution < -0.4 is 10.1 Å². The minimum atomic E-state index is -0.528. The molecule has 1 atom stereocenters. The molecule has 0 aliphatic heterocycles. The van der Waals surface area contributed by atoms with E-state index in [0.29, 0.717) is 13.2 Å². The molecule has 0 fully saturated rings. The summed E-state index contributed by atoms with van der Waals surface area (Å²) < 4.78 is 10.7. The first-order chi connectivity index (χ1) is 9.45. The Kier molecular flexibility index (Phi) is 6.99. The molecular formula is C16H27NO3. The van der Waals surface area contributed by atoms with Gasteiger partial charge in [0.2, 0.25) is 0 Å². The minimum absolute atomic E-state index is 0.0261. The Hall–Kier alpha value is -1.10. The molecule has 0 spiro atoms. The summed E-state index contributed by atoms with van der Waals surface area (Å²) in [6.45, 7) is 8.61. The highest BCUT2D eigenvalue weighted by Crippen LogP contribution is 2.30. The van der Waals surface area contributed by atoms with Crippen LogP contribution in [0.4, 0.5) is 0 Å². The van der Waals surface area contributed by atoms with Crippen LogP contribution in [0.1, 0.15) is 26.3 Å². The summed E-state index contributed by atoms with van der Waals surface area (Å²) in [5, 5.41) is 13.0. The minimum Gasteiger partial charge on any atom is -0.491 e. The van der Waals surface area contributed by atoms with E-state index >= 15 is 0 Å². The molecule has 0 aromatic heterocycles. The highest BCUT2D eigenvalue weighted by Gasteiger charge is 2.18. The molecule has 4 nitrogen and oxygen atoms in total. The molecule has 0 saturated carbocycles. The van der Waals surface area contributed by atoms with Crippen LogP contribution in [0, 0.1) is 0 Å². The molecule has 0 amide bonds. The van der Waals surface area contributed by atoms with E-state index in [4.69, 9.17) is 9.47 Å². The zero-order chi connectivity index (χ0) is 15.0. The van der Waals surface area contributed by atoms with Gasteiger partial charge in [-0.1, -0.05) is 39.0 Å². The first-order valence-corrected chi connectivity index (χ1v) is 7.05. The summed E-state index contributed by atoms with van der Waals surface area (Å²) in [5.41, 5.74) is 1.18. The second-order valence-corrected chi connectivity index (χ2v) is 5.91. The molecule has 1 aromatic rings. The molecule has 1 aromatic carbocycles. The van der Waals surface area contributed by atoms with Gasteiger partial charge in [-0.2, -0.15) is 0 Å². The van der Waals surface area contributed by atoms with Gasteiger partial charge in [0.1, 0.15) is 18.5 Å². The number of ether oxygens (including phenoxy) is 2. The summed E-state index contributed by atoms with van der Waals surface area (Å²) in [4.78, 5) is 0. The predicted octanol–water partition coefficient (Wildman–Crippen LogP) is 1.96. The van der Waals surface area contributed by atoms with Crippen LogP contribution >= 0.6 is 0 Å². The molecule has 114 valence electrons. The smallest absolute Gasteiger partial charge is 0.123 e. The topological polar surface area (TPSA) is 50.7 Å². The Labute approximate surface area is 122 Å². The van der Waals surface area contributed by atoms with E-state index in [1.807, 2.05) is 18.2 Å². The first kappa shape index (κ1) is 17.0. The van der Waals surface area contributed by atoms with Gasteiger partial charge >= 0.3 is 0 Å². The lowest BCUT2D eigenvalue weighted by Crippen LogP contribution is -2.33. The van der Waals surface area contributed by atoms with Crippen molar-refractivity contribution < 1.29 is 14.6 Å². The fourth-order valence-corrected chi connectivity index (χ4v) is 1.90. The third kappa shape index (κ3) is 5.90. The Morgan fingerprint density at radius 3 is 2.60 bits per heavy atom. The molecule has 4 heteroatoms. The van der Waals surface area contributed by atoms with E-state index < -0.39 is 6.10 Å². The van der Waals surface area contributed by atoms with Gasteiger partial charge in [0, 0.05) is 20.2 Å². The molecular weight excluding hydrogens is 254 g/mol. The highest BCUT2D eigenvalue weighted by atomic mass is 16.5. The lowest BCUT2D eigenvalue weighted by Gasteiger charge is -2.23. The maximum Gasteiger partial charge on any atom is 0.123 e. The Bertz CT molecular complexity index is 388. The van der Waals surface area contributed by atoms with Crippen LogP contribution in [0.2, 0.25) is 0 Å². The van der Waals surface area contributed by atoms with E-state index in [0.717, 1.165) is 17.9 Å². The van der Waals surface area contributed by atoms with Crippen molar-refractivity contribution in [3.63, 3.8) is 0 Å². The Morgan fingerprint density at radius 1 is 1.25 bits per heavy atom. The van der Waals surface area contributed by atoms with Crippen molar-refractivity contribution in [2.45, 2.75) is 32.3 Å². The van der Waals surface area contributed by atoms with Gasteiger partial charge in [-0.25, -0.2) is 0 Å². The zero-order valence-electron chi connectivity index (χ0n) is 13.0. The lowest BCUT2D eigenvalue weighted by molar-refractivity contribution is 0.102. The van der Waals surface area contributed by atoms with E-state index in [-0.39, 0.29) is 12.0 Å². The predicted molar refractivity (Wildman–Crippen MR) is 81.4 cm³/mol. The Morgan fingerprint density at radius 2 is 1.95 bits per heavy atom. The average molecular weight is 281 g/mol. The van der Waals surface area contributed by atoms with Crippen molar-refractivity contribution in [2.24, 2.45) is 0 Å². The van der Waals surface area contributed by atoms with Crippen LogP contribution in [0.5, 0.6) is 5.75 Å². The summed E-state index contributed by atoms with van der Waals surface area (Å²) in [6, 6.07) is 7.98. The second-order valence-electron chi connectivity index (χ2n) is 5.91. The summed E-state index contributed by atoms with van der Waals surface area (Å²) in [7, 11) is 1.66. The van der Waals surface area contributed by atoms with E-state index in [2.05, 4.69) is 32.2 Å². The summed E-state index contributed by atoms with van der Waals surface area (Å²) in [6.07, 6.45) is -0.528. The first-order valence-electron chi connectivity index (χ1n) is 7.05. The van der Waals surface area contributed by atoms with Crippen LogP contribution in [-0.4, -0.2) is 44.6 Å². The number of aliphatic hydroxyl groups is 1. The van der Waals surface area contributed by atoms with Gasteiger partial charge in [-0.3, -0.25) is 0 Å². The van der Waals surface area contributed by atoms with Crippen LogP contribution in [0.15, 0.2) is 24.3 Å². The van der Waals surface area contributed by atoms with Crippen LogP contribution in [0.25, 0.3) is 0 Å². The van der Waals surface area contributed by atoms with Crippen molar-refractivity contribution in [2.75, 3.05) is 33.4 Å². The third-order valence-electron chi connectivity index (χ3n) is 2.99. The summed E-state index contributed by atoms with van der Waals surface area (Å²) >= 11 is 0. The fraction of sp³-hybridized carbons (Fsp3) is 0.625. The van der Waals surface area contributed by atoms with E-state index in [1.165, 1.54) is 0 Å². The van der Waals surface area contributed by atoms with Crippen molar-refractivity contribution >= 4 is 0 Å². The molecule has 2 N–H and O–H groups in total. The molecule has 0 aliphatic rings. The molecule has 1 rings (SSSR count). The SMILES string of the molecule is COCCNCC(O)COc1ccccc1C(C)(C)C. The molecule has 0 aliphatic carbocycles. The highest BCUT2D eigenvalue weighted by molar-refractivity contribution is 5.38. The van der Waals surface area contributed by atoms with Crippen LogP contribution in [-0.2, 0) is 10.2 Å². The van der Waals surface area contributed by atoms with E-state index in [1.54, 1.807) is 7.11 Å². The maximum atomic E-state index is 9.88. The monoisotopic (exact) mass is 281 g/mol. The number of hydrogen-bond acceptors (Lipinski definition) is 4. The molecule has 0 heterocycles. The zero-order valence-corrected chi connectivity index (χ0v) is 13.0. The van der Waals surface area contributed by atoms with Gasteiger partial charge in [0.25, 0.3) is 0 Å². The molecule has 0 saturated heterocycles. The molecule has 0 radical (unpaired) electrons. The maximum absolute atomic E-state index is 9.88. The largest absolute Gasteiger partial charge is 0.491 e. The van der Waals surface area contributed by atoms with Crippen LogP contribution in [0.3, 0.4) is 0 Å². The van der Waals surface area contributed by atoms with Gasteiger partial charge in [0.05, 0.1) is 6.61 Å². The number of methoxy groups -OCH3 is 1. The Balaban J connectivity index is 2.45. The molecule has 0 bridgehead atoms. The van der Waals surface area contributed by atoms with Crippen molar-refractivity contribution in [1.82, 2.24) is 5.32 Å². The number of hydrogen-bond donors (Lipinski definition) is 2. The number of benzene rings is 1. The standard InChI is InChI=1S/C16H27NO3/c1-16(2,3)14-7-5-6-8-15(14)20-12-13(18)11-17-9-10-19-4/h5-8,13,17-18H,9-12H2,1-4H3. The van der Waals surface area contributed by atoms with Crippen molar-refractivity contribution in [3.05, 3.63) is 29.8 Å². The van der Waals surface area contributed by atoms with Gasteiger partial charge in [0.15, 0.2) is 0 Å². The summed E-state index contributed by atoms with van der Waals surface area (Å²) in [5.74, 6) is 0.843. The lowest BCUT2D eigenvalue weighted by atomic mass is 9.86. The number of rotatable bonds is 8. The number of para-hydroxylation sites is 1. The number of nitrogens with one attached hydrogen (secondary N) is 1. The third-order valence-corrected chi connectivity index (χ3v) is 2.99. The average Bonchev–Trinajstić information content (AvgIpc) is 2.40. The van der Waals surface area contributed by atoms with Crippen molar-refractivity contribution in [1.29, 1.82) is 0 Å². The molecule has 20 heavy (non-hydrogen) atoms. The van der Waals surface area contributed by atoms with Gasteiger partial charge in [-0.15, -0.1) is 0 Å².